The molecule has 0 aliphatic rings. The molecular formula is C13H18N2O2. The maximum absolute atomic E-state index is 11.7. The van der Waals surface area contributed by atoms with Crippen molar-refractivity contribution in [2.75, 3.05) is 0 Å². The van der Waals surface area contributed by atoms with Gasteiger partial charge in [-0.05, 0) is 32.9 Å². The molecule has 0 aromatic heterocycles. The number of hydrogen-bond donors (Lipinski definition) is 2. The SMILES string of the molecule is CC(=O)CC(C)(C)NNC(=O)c1ccccc1. The summed E-state index contributed by atoms with van der Waals surface area (Å²) in [5.74, 6) is -0.126. The van der Waals surface area contributed by atoms with Gasteiger partial charge < -0.3 is 0 Å². The van der Waals surface area contributed by atoms with Gasteiger partial charge in [0.25, 0.3) is 5.91 Å². The minimum Gasteiger partial charge on any atom is -0.300 e. The highest BCUT2D eigenvalue weighted by Crippen LogP contribution is 2.07. The smallest absolute Gasteiger partial charge is 0.265 e. The third-order valence-corrected chi connectivity index (χ3v) is 2.24. The summed E-state index contributed by atoms with van der Waals surface area (Å²) in [6.45, 7) is 5.25. The normalized spacial score (nSPS) is 11.0. The van der Waals surface area contributed by atoms with E-state index in [0.717, 1.165) is 0 Å². The second kappa shape index (κ2) is 5.59. The molecule has 0 fully saturated rings. The first-order valence-electron chi connectivity index (χ1n) is 5.53. The molecule has 1 amide bonds. The molecule has 0 heterocycles. The van der Waals surface area contributed by atoms with Gasteiger partial charge in [0.1, 0.15) is 5.78 Å². The van der Waals surface area contributed by atoms with Crippen molar-refractivity contribution < 1.29 is 9.59 Å². The molecule has 0 bridgehead atoms. The topological polar surface area (TPSA) is 58.2 Å². The fourth-order valence-corrected chi connectivity index (χ4v) is 1.55. The van der Waals surface area contributed by atoms with Crippen molar-refractivity contribution in [3.63, 3.8) is 0 Å². The lowest BCUT2D eigenvalue weighted by molar-refractivity contribution is -0.118. The van der Waals surface area contributed by atoms with Crippen molar-refractivity contribution >= 4 is 11.7 Å². The van der Waals surface area contributed by atoms with Gasteiger partial charge in [0.15, 0.2) is 0 Å². The van der Waals surface area contributed by atoms with Gasteiger partial charge in [0.2, 0.25) is 0 Å². The number of Topliss-reactive ketones (excluding diaryl/α,β-unsaturated/α-hetero) is 1. The first-order valence-corrected chi connectivity index (χ1v) is 5.53. The summed E-state index contributed by atoms with van der Waals surface area (Å²) in [5.41, 5.74) is 5.61. The number of amides is 1. The van der Waals surface area contributed by atoms with Gasteiger partial charge in [0.05, 0.1) is 0 Å². The molecule has 1 aromatic rings. The van der Waals surface area contributed by atoms with E-state index in [9.17, 15) is 9.59 Å². The molecule has 0 radical (unpaired) electrons. The Bertz CT molecular complexity index is 399. The largest absolute Gasteiger partial charge is 0.300 e. The molecule has 2 N–H and O–H groups in total. The van der Waals surface area contributed by atoms with Gasteiger partial charge in [-0.2, -0.15) is 0 Å². The molecule has 17 heavy (non-hydrogen) atoms. The molecule has 0 unspecified atom stereocenters. The molecule has 0 saturated carbocycles. The molecule has 4 nitrogen and oxygen atoms in total. The van der Waals surface area contributed by atoms with Crippen LogP contribution in [0.25, 0.3) is 0 Å². The zero-order valence-electron chi connectivity index (χ0n) is 10.4. The summed E-state index contributed by atoms with van der Waals surface area (Å²) in [7, 11) is 0. The van der Waals surface area contributed by atoms with Crippen LogP contribution < -0.4 is 10.9 Å². The first kappa shape index (κ1) is 13.4. The summed E-state index contributed by atoms with van der Waals surface area (Å²) < 4.78 is 0. The van der Waals surface area contributed by atoms with Gasteiger partial charge >= 0.3 is 0 Å². The lowest BCUT2D eigenvalue weighted by Gasteiger charge is -2.25. The van der Waals surface area contributed by atoms with Crippen LogP contribution in [0, 0.1) is 0 Å². The molecule has 0 saturated heterocycles. The average molecular weight is 234 g/mol. The number of carbonyl (C=O) groups excluding carboxylic acids is 2. The van der Waals surface area contributed by atoms with Crippen LogP contribution in [-0.2, 0) is 4.79 Å². The second-order valence-corrected chi connectivity index (χ2v) is 4.71. The standard InChI is InChI=1S/C13H18N2O2/c1-10(16)9-13(2,3)15-14-12(17)11-7-5-4-6-8-11/h4-8,15H,9H2,1-3H3,(H,14,17). The Labute approximate surface area is 101 Å². The lowest BCUT2D eigenvalue weighted by Crippen LogP contribution is -2.51. The number of hydrogen-bond acceptors (Lipinski definition) is 3. The summed E-state index contributed by atoms with van der Waals surface area (Å²) in [6, 6.07) is 8.92. The highest BCUT2D eigenvalue weighted by atomic mass is 16.2. The van der Waals surface area contributed by atoms with Gasteiger partial charge in [-0.25, -0.2) is 5.43 Å². The van der Waals surface area contributed by atoms with E-state index in [2.05, 4.69) is 10.9 Å². The van der Waals surface area contributed by atoms with E-state index < -0.39 is 5.54 Å². The monoisotopic (exact) mass is 234 g/mol. The van der Waals surface area contributed by atoms with E-state index in [4.69, 9.17) is 0 Å². The van der Waals surface area contributed by atoms with Crippen molar-refractivity contribution in [1.82, 2.24) is 10.9 Å². The van der Waals surface area contributed by atoms with Gasteiger partial charge in [-0.1, -0.05) is 18.2 Å². The molecule has 1 aromatic carbocycles. The van der Waals surface area contributed by atoms with E-state index in [1.54, 1.807) is 24.3 Å². The van der Waals surface area contributed by atoms with Crippen molar-refractivity contribution in [2.24, 2.45) is 0 Å². The highest BCUT2D eigenvalue weighted by Gasteiger charge is 2.20. The Morgan fingerprint density at radius 3 is 2.29 bits per heavy atom. The van der Waals surface area contributed by atoms with Crippen LogP contribution >= 0.6 is 0 Å². The Hall–Kier alpha value is -1.68. The molecule has 4 heteroatoms. The summed E-state index contributed by atoms with van der Waals surface area (Å²) in [4.78, 5) is 22.7. The Balaban J connectivity index is 2.51. The summed E-state index contributed by atoms with van der Waals surface area (Å²) in [6.07, 6.45) is 0.363. The van der Waals surface area contributed by atoms with Crippen LogP contribution in [-0.4, -0.2) is 17.2 Å². The third kappa shape index (κ3) is 4.78. The second-order valence-electron chi connectivity index (χ2n) is 4.71. The maximum atomic E-state index is 11.7. The Morgan fingerprint density at radius 2 is 1.76 bits per heavy atom. The zero-order chi connectivity index (χ0) is 12.9. The zero-order valence-corrected chi connectivity index (χ0v) is 10.4. The molecule has 92 valence electrons. The predicted molar refractivity (Wildman–Crippen MR) is 66.4 cm³/mol. The summed E-state index contributed by atoms with van der Waals surface area (Å²) in [5, 5.41) is 0. The lowest BCUT2D eigenvalue weighted by atomic mass is 9.99. The minimum atomic E-state index is -0.448. The van der Waals surface area contributed by atoms with Crippen molar-refractivity contribution in [2.45, 2.75) is 32.7 Å². The van der Waals surface area contributed by atoms with E-state index in [-0.39, 0.29) is 11.7 Å². The Kier molecular flexibility index (Phi) is 4.40. The van der Waals surface area contributed by atoms with Crippen LogP contribution in [0.2, 0.25) is 0 Å². The number of carbonyl (C=O) groups is 2. The predicted octanol–water partition coefficient (Wildman–Crippen LogP) is 1.68. The van der Waals surface area contributed by atoms with E-state index in [0.29, 0.717) is 12.0 Å². The number of hydrazine groups is 1. The van der Waals surface area contributed by atoms with Crippen LogP contribution in [0.4, 0.5) is 0 Å². The molecule has 0 aliphatic carbocycles. The van der Waals surface area contributed by atoms with Crippen LogP contribution in [0.3, 0.4) is 0 Å². The number of benzene rings is 1. The molecular weight excluding hydrogens is 216 g/mol. The van der Waals surface area contributed by atoms with Gasteiger partial charge in [-0.3, -0.25) is 15.0 Å². The van der Waals surface area contributed by atoms with E-state index >= 15 is 0 Å². The van der Waals surface area contributed by atoms with Crippen LogP contribution in [0.1, 0.15) is 37.6 Å². The quantitative estimate of drug-likeness (QED) is 0.762. The minimum absolute atomic E-state index is 0.0801. The van der Waals surface area contributed by atoms with Crippen LogP contribution in [0.15, 0.2) is 30.3 Å². The molecule has 0 spiro atoms. The van der Waals surface area contributed by atoms with E-state index in [1.165, 1.54) is 6.92 Å². The van der Waals surface area contributed by atoms with Crippen molar-refractivity contribution in [3.8, 4) is 0 Å². The number of ketones is 1. The average Bonchev–Trinajstić information content (AvgIpc) is 2.25. The van der Waals surface area contributed by atoms with Crippen molar-refractivity contribution in [1.29, 1.82) is 0 Å². The maximum Gasteiger partial charge on any atom is 0.265 e. The first-order chi connectivity index (χ1) is 7.91. The molecule has 0 atom stereocenters. The number of nitrogens with one attached hydrogen (secondary N) is 2. The van der Waals surface area contributed by atoms with Gasteiger partial charge in [0, 0.05) is 17.5 Å². The number of rotatable bonds is 5. The van der Waals surface area contributed by atoms with E-state index in [1.807, 2.05) is 19.9 Å². The van der Waals surface area contributed by atoms with Gasteiger partial charge in [-0.15, -0.1) is 0 Å². The fourth-order valence-electron chi connectivity index (χ4n) is 1.55. The fraction of sp³-hybridized carbons (Fsp3) is 0.385. The molecule has 0 aliphatic heterocycles. The third-order valence-electron chi connectivity index (χ3n) is 2.24. The van der Waals surface area contributed by atoms with Crippen LogP contribution in [0.5, 0.6) is 0 Å². The summed E-state index contributed by atoms with van der Waals surface area (Å²) >= 11 is 0. The highest BCUT2D eigenvalue weighted by molar-refractivity contribution is 5.93. The Morgan fingerprint density at radius 1 is 1.18 bits per heavy atom. The molecule has 1 rings (SSSR count). The van der Waals surface area contributed by atoms with Crippen molar-refractivity contribution in [3.05, 3.63) is 35.9 Å².